The molecule has 63 heavy (non-hydrogen) atoms. The zero-order valence-corrected chi connectivity index (χ0v) is 41.0. The number of imidazole rings is 1. The summed E-state index contributed by atoms with van der Waals surface area (Å²) >= 11 is 0. The molecule has 1 fully saturated rings. The number of fused-ring (bicyclic) bond motifs is 4. The third-order valence-electron chi connectivity index (χ3n) is 12.7. The van der Waals surface area contributed by atoms with Crippen LogP contribution in [0.25, 0.3) is 72.4 Å². The van der Waals surface area contributed by atoms with E-state index in [0.717, 1.165) is 67.2 Å². The second kappa shape index (κ2) is 18.8. The fourth-order valence-corrected chi connectivity index (χ4v) is 11.0. The summed E-state index contributed by atoms with van der Waals surface area (Å²) in [6.07, 6.45) is 9.04. The third-order valence-corrected chi connectivity index (χ3v) is 14.7. The van der Waals surface area contributed by atoms with Gasteiger partial charge in [0.2, 0.25) is 0 Å². The average molecular weight is 1020 g/mol. The molecule has 0 aliphatic heterocycles. The Morgan fingerprint density at radius 2 is 1.51 bits per heavy atom. The minimum atomic E-state index is -1.37. The number of nitrogens with zero attached hydrogens (tertiary/aromatic N) is 3. The van der Waals surface area contributed by atoms with Crippen LogP contribution < -0.4 is 5.19 Å². The largest absolute Gasteiger partial charge is 0.501 e. The first-order valence-corrected chi connectivity index (χ1v) is 26.0. The first-order valence-electron chi connectivity index (χ1n) is 22.5. The van der Waals surface area contributed by atoms with Crippen molar-refractivity contribution in [3.05, 3.63) is 168 Å². The molecule has 1 aliphatic rings. The number of hydrogen-bond acceptors (Lipinski definition) is 3. The minimum absolute atomic E-state index is 0. The van der Waals surface area contributed by atoms with Gasteiger partial charge in [-0.05, 0) is 58.5 Å². The summed E-state index contributed by atoms with van der Waals surface area (Å²) in [5.41, 5.74) is 14.4. The molecule has 4 nitrogen and oxygen atoms in total. The molecule has 1 saturated carbocycles. The van der Waals surface area contributed by atoms with E-state index in [0.29, 0.717) is 11.8 Å². The number of pyridine rings is 1. The van der Waals surface area contributed by atoms with Gasteiger partial charge in [-0.2, -0.15) is 0 Å². The number of hydrogen-bond donors (Lipinski definition) is 0. The first-order chi connectivity index (χ1) is 30.0. The molecule has 1 aliphatic carbocycles. The van der Waals surface area contributed by atoms with Gasteiger partial charge in [0, 0.05) is 42.9 Å². The predicted molar refractivity (Wildman–Crippen MR) is 263 cm³/mol. The van der Waals surface area contributed by atoms with Crippen molar-refractivity contribution in [3.63, 3.8) is 0 Å². The van der Waals surface area contributed by atoms with Gasteiger partial charge < -0.3 is 14.0 Å². The van der Waals surface area contributed by atoms with Crippen molar-refractivity contribution >= 4 is 46.2 Å². The van der Waals surface area contributed by atoms with Crippen LogP contribution in [0.1, 0.15) is 81.9 Å². The van der Waals surface area contributed by atoms with Gasteiger partial charge in [0.05, 0.1) is 30.5 Å². The molecule has 0 unspecified atom stereocenters. The summed E-state index contributed by atoms with van der Waals surface area (Å²) in [5.74, 6) is 2.57. The van der Waals surface area contributed by atoms with Crippen LogP contribution >= 0.6 is 0 Å². The predicted octanol–water partition coefficient (Wildman–Crippen LogP) is 15.1. The van der Waals surface area contributed by atoms with Crippen molar-refractivity contribution in [1.82, 2.24) is 14.5 Å². The summed E-state index contributed by atoms with van der Waals surface area (Å²) in [6, 6.07) is 53.6. The van der Waals surface area contributed by atoms with Crippen molar-refractivity contribution in [2.75, 3.05) is 0 Å². The Kier molecular flexibility index (Phi) is 13.2. The molecule has 0 bridgehead atoms. The molecule has 0 atom stereocenters. The average Bonchev–Trinajstić information content (AvgIpc) is 4.04. The summed E-state index contributed by atoms with van der Waals surface area (Å²) in [7, 11) is -1.37. The Balaban J connectivity index is 0.000000184. The van der Waals surface area contributed by atoms with Crippen molar-refractivity contribution in [3.8, 4) is 39.5 Å². The summed E-state index contributed by atoms with van der Waals surface area (Å²) in [5, 5.41) is 3.72. The van der Waals surface area contributed by atoms with E-state index in [1.165, 1.54) is 54.4 Å². The van der Waals surface area contributed by atoms with Gasteiger partial charge in [-0.15, -0.1) is 53.6 Å². The van der Waals surface area contributed by atoms with E-state index in [1.807, 2.05) is 30.3 Å². The van der Waals surface area contributed by atoms with Crippen LogP contribution in [0.5, 0.6) is 0 Å². The van der Waals surface area contributed by atoms with E-state index in [-0.39, 0.29) is 20.1 Å². The molecule has 1 radical (unpaired) electrons. The first kappa shape index (κ1) is 44.2. The molecule has 9 aromatic rings. The Bertz CT molecular complexity index is 2990. The van der Waals surface area contributed by atoms with Crippen LogP contribution in [0.2, 0.25) is 19.6 Å². The monoisotopic (exact) mass is 1020 g/mol. The fraction of sp³-hybridized carbons (Fsp3) is 0.263. The maximum atomic E-state index is 6.43. The van der Waals surface area contributed by atoms with Crippen molar-refractivity contribution < 1.29 is 24.5 Å². The van der Waals surface area contributed by atoms with E-state index in [1.54, 1.807) is 10.8 Å². The zero-order valence-electron chi connectivity index (χ0n) is 37.6. The molecule has 0 spiro atoms. The van der Waals surface area contributed by atoms with Gasteiger partial charge >= 0.3 is 0 Å². The molecular formula is C57H57IrN3OSi-2. The molecule has 0 N–H and O–H groups in total. The molecule has 6 aromatic carbocycles. The minimum Gasteiger partial charge on any atom is -0.501 e. The van der Waals surface area contributed by atoms with Crippen LogP contribution in [0, 0.1) is 18.1 Å². The van der Waals surface area contributed by atoms with Crippen molar-refractivity contribution in [2.24, 2.45) is 5.92 Å². The summed E-state index contributed by atoms with van der Waals surface area (Å²) in [6.45, 7) is 16.3. The molecule has 3 heterocycles. The fourth-order valence-electron chi connectivity index (χ4n) is 9.37. The smallest absolute Gasteiger partial charge is 0.120 e. The number of benzene rings is 6. The molecule has 321 valence electrons. The van der Waals surface area contributed by atoms with Crippen LogP contribution in [-0.2, 0) is 26.5 Å². The van der Waals surface area contributed by atoms with Gasteiger partial charge in [0.25, 0.3) is 0 Å². The van der Waals surface area contributed by atoms with Crippen LogP contribution in [-0.4, -0.2) is 22.6 Å². The quantitative estimate of drug-likeness (QED) is 0.107. The third kappa shape index (κ3) is 9.04. The molecule has 0 amide bonds. The van der Waals surface area contributed by atoms with Crippen molar-refractivity contribution in [1.29, 1.82) is 0 Å². The van der Waals surface area contributed by atoms with E-state index in [9.17, 15) is 0 Å². The Hall–Kier alpha value is -5.39. The Morgan fingerprint density at radius 3 is 2.24 bits per heavy atom. The van der Waals surface area contributed by atoms with E-state index >= 15 is 0 Å². The number of aromatic nitrogens is 3. The van der Waals surface area contributed by atoms with Gasteiger partial charge in [-0.3, -0.25) is 4.98 Å². The molecular weight excluding hydrogens is 963 g/mol. The van der Waals surface area contributed by atoms with E-state index < -0.39 is 8.07 Å². The number of rotatable bonds is 9. The maximum absolute atomic E-state index is 6.43. The molecule has 3 aromatic heterocycles. The second-order valence-corrected chi connectivity index (χ2v) is 23.8. The summed E-state index contributed by atoms with van der Waals surface area (Å²) < 4.78 is 8.74. The van der Waals surface area contributed by atoms with Crippen LogP contribution in [0.4, 0.5) is 0 Å². The molecule has 10 rings (SSSR count). The SMILES string of the molecule is CC(C)c1c[c-]c(-c2cc(CC3CCCC3)c([Si](C)(C)C)cn2)cc1.CC(C)c1cccc(-c2ccccc2)c1-n1c(-c2[c-]ccc3c2oc2ccccc23)nc2ccccc21.[Ir]. The Morgan fingerprint density at radius 1 is 0.762 bits per heavy atom. The molecule has 6 heteroatoms. The number of furan rings is 1. The maximum Gasteiger partial charge on any atom is 0.120 e. The van der Waals surface area contributed by atoms with Gasteiger partial charge in [-0.25, -0.2) is 0 Å². The van der Waals surface area contributed by atoms with Crippen LogP contribution in [0.3, 0.4) is 0 Å². The van der Waals surface area contributed by atoms with Crippen LogP contribution in [0.15, 0.2) is 144 Å². The second-order valence-electron chi connectivity index (χ2n) is 18.7. The van der Waals surface area contributed by atoms with Crippen molar-refractivity contribution in [2.45, 2.75) is 91.3 Å². The summed E-state index contributed by atoms with van der Waals surface area (Å²) in [4.78, 5) is 10.0. The zero-order chi connectivity index (χ0) is 43.0. The topological polar surface area (TPSA) is 43.9 Å². The Labute approximate surface area is 388 Å². The standard InChI is InChI=1S/C34H25N2O.C23H32NSi.Ir/c1-22(2)24-15-10-16-25(23-12-4-3-5-13-23)32(24)36-30-20-8-7-19-29(30)35-34(36)28-18-11-17-27-26-14-6-9-21-31(26)37-33(27)28;1-17(2)19-10-12-20(13-11-19)22-15-21(14-18-8-6-7-9-18)23(16-24-22)25(3,4)5;/h3-17,19-22H,1-2H3;10-12,15-18H,6-9,14H2,1-5H3;/q2*-1;. The van der Waals surface area contributed by atoms with Gasteiger partial charge in [0.15, 0.2) is 0 Å². The normalized spacial score (nSPS) is 13.2. The van der Waals surface area contributed by atoms with Gasteiger partial charge in [0.1, 0.15) is 5.58 Å². The molecule has 0 saturated heterocycles. The van der Waals surface area contributed by atoms with E-state index in [4.69, 9.17) is 14.4 Å². The number of para-hydroxylation sites is 4. The van der Waals surface area contributed by atoms with Gasteiger partial charge in [-0.1, -0.05) is 180 Å². The van der Waals surface area contributed by atoms with E-state index in [2.05, 4.69) is 173 Å².